The minimum atomic E-state index is -1.09. The molecule has 1 aromatic heterocycles. The molecule has 0 aliphatic heterocycles. The molecule has 0 fully saturated rings. The molecule has 0 aliphatic carbocycles. The number of anilines is 1. The maximum absolute atomic E-state index is 12.0. The Morgan fingerprint density at radius 1 is 1.56 bits per heavy atom. The summed E-state index contributed by atoms with van der Waals surface area (Å²) in [7, 11) is 0.568. The first-order chi connectivity index (χ1) is 7.46. The molecule has 4 nitrogen and oxygen atoms in total. The van der Waals surface area contributed by atoms with Gasteiger partial charge >= 0.3 is 0 Å². The van der Waals surface area contributed by atoms with Crippen LogP contribution in [-0.2, 0) is 15.5 Å². The van der Waals surface area contributed by atoms with Crippen LogP contribution in [0, 0.1) is 0 Å². The van der Waals surface area contributed by atoms with Crippen molar-refractivity contribution in [3.8, 4) is 0 Å². The normalized spacial score (nSPS) is 13.7. The Morgan fingerprint density at radius 3 is 2.81 bits per heavy atom. The number of methoxy groups -OCH3 is 1. The van der Waals surface area contributed by atoms with Crippen LogP contribution < -0.4 is 5.73 Å². The average molecular weight is 242 g/mol. The van der Waals surface area contributed by atoms with E-state index < -0.39 is 10.8 Å². The highest BCUT2D eigenvalue weighted by Crippen LogP contribution is 2.19. The molecular formula is C11H18N2O2S. The van der Waals surface area contributed by atoms with Crippen molar-refractivity contribution in [1.29, 1.82) is 0 Å². The van der Waals surface area contributed by atoms with Crippen LogP contribution in [0.2, 0.25) is 0 Å². The van der Waals surface area contributed by atoms with E-state index in [2.05, 4.69) is 4.98 Å². The highest BCUT2D eigenvalue weighted by Gasteiger charge is 2.18. The van der Waals surface area contributed by atoms with E-state index in [0.717, 1.165) is 6.42 Å². The Morgan fingerprint density at radius 2 is 2.25 bits per heavy atom. The fraction of sp³-hybridized carbons (Fsp3) is 0.545. The topological polar surface area (TPSA) is 65.2 Å². The van der Waals surface area contributed by atoms with E-state index in [1.807, 2.05) is 13.8 Å². The maximum Gasteiger partial charge on any atom is 0.0664 e. The van der Waals surface area contributed by atoms with Crippen molar-refractivity contribution in [1.82, 2.24) is 4.98 Å². The third-order valence-corrected chi connectivity index (χ3v) is 3.93. The van der Waals surface area contributed by atoms with Crippen LogP contribution in [0.15, 0.2) is 23.4 Å². The molecule has 5 heteroatoms. The van der Waals surface area contributed by atoms with Crippen molar-refractivity contribution in [3.05, 3.63) is 18.5 Å². The zero-order valence-electron chi connectivity index (χ0n) is 9.90. The van der Waals surface area contributed by atoms with E-state index in [0.29, 0.717) is 16.3 Å². The van der Waals surface area contributed by atoms with Gasteiger partial charge < -0.3 is 10.5 Å². The van der Waals surface area contributed by atoms with Crippen LogP contribution in [0.25, 0.3) is 0 Å². The number of pyridine rings is 1. The number of hydrogen-bond donors (Lipinski definition) is 1. The summed E-state index contributed by atoms with van der Waals surface area (Å²) < 4.78 is 17.3. The van der Waals surface area contributed by atoms with Gasteiger partial charge in [-0.2, -0.15) is 0 Å². The molecule has 1 heterocycles. The Balaban J connectivity index is 2.64. The lowest BCUT2D eigenvalue weighted by atomic mass is 10.1. The van der Waals surface area contributed by atoms with E-state index in [-0.39, 0.29) is 5.60 Å². The molecule has 0 aromatic carbocycles. The molecule has 1 unspecified atom stereocenters. The predicted octanol–water partition coefficient (Wildman–Crippen LogP) is 1.59. The van der Waals surface area contributed by atoms with E-state index in [1.54, 1.807) is 19.4 Å². The highest BCUT2D eigenvalue weighted by atomic mass is 32.2. The largest absolute Gasteiger partial charge is 0.396 e. The Bertz CT molecular complexity index is 380. The zero-order chi connectivity index (χ0) is 12.2. The molecule has 0 spiro atoms. The van der Waals surface area contributed by atoms with Crippen LogP contribution >= 0.6 is 0 Å². The second-order valence-electron chi connectivity index (χ2n) is 4.18. The summed E-state index contributed by atoms with van der Waals surface area (Å²) in [5.41, 5.74) is 5.94. The molecule has 0 saturated carbocycles. The molecule has 0 bridgehead atoms. The first-order valence-electron chi connectivity index (χ1n) is 5.09. The third-order valence-electron chi connectivity index (χ3n) is 2.50. The molecule has 0 radical (unpaired) electrons. The van der Waals surface area contributed by atoms with Gasteiger partial charge in [-0.3, -0.25) is 9.19 Å². The Labute approximate surface area is 98.7 Å². The van der Waals surface area contributed by atoms with Gasteiger partial charge in [0.2, 0.25) is 0 Å². The van der Waals surface area contributed by atoms with Crippen molar-refractivity contribution in [2.45, 2.75) is 30.8 Å². The van der Waals surface area contributed by atoms with Crippen molar-refractivity contribution in [2.75, 3.05) is 18.6 Å². The number of nitrogens with two attached hydrogens (primary N) is 1. The molecular weight excluding hydrogens is 224 g/mol. The van der Waals surface area contributed by atoms with Crippen LogP contribution in [0.4, 0.5) is 5.69 Å². The lowest BCUT2D eigenvalue weighted by Gasteiger charge is -2.22. The summed E-state index contributed by atoms with van der Waals surface area (Å²) in [4.78, 5) is 4.52. The van der Waals surface area contributed by atoms with Crippen LogP contribution in [0.3, 0.4) is 0 Å². The number of ether oxygens (including phenoxy) is 1. The monoisotopic (exact) mass is 242 g/mol. The minimum absolute atomic E-state index is 0.253. The van der Waals surface area contributed by atoms with Gasteiger partial charge in [0, 0.05) is 19.1 Å². The maximum atomic E-state index is 12.0. The van der Waals surface area contributed by atoms with Gasteiger partial charge in [0.25, 0.3) is 0 Å². The molecule has 2 N–H and O–H groups in total. The lowest BCUT2D eigenvalue weighted by molar-refractivity contribution is 0.0205. The summed E-state index contributed by atoms with van der Waals surface area (Å²) >= 11 is 0. The van der Waals surface area contributed by atoms with E-state index >= 15 is 0 Å². The van der Waals surface area contributed by atoms with Gasteiger partial charge in [0.15, 0.2) is 0 Å². The van der Waals surface area contributed by atoms with Crippen LogP contribution in [0.1, 0.15) is 20.3 Å². The molecule has 0 aliphatic rings. The molecule has 1 atom stereocenters. The van der Waals surface area contributed by atoms with Gasteiger partial charge in [-0.25, -0.2) is 0 Å². The first kappa shape index (κ1) is 13.1. The van der Waals surface area contributed by atoms with E-state index in [1.165, 1.54) is 6.20 Å². The van der Waals surface area contributed by atoms with Gasteiger partial charge in [-0.1, -0.05) is 0 Å². The number of aromatic nitrogens is 1. The Kier molecular flexibility index (Phi) is 4.44. The fourth-order valence-corrected chi connectivity index (χ4v) is 2.58. The minimum Gasteiger partial charge on any atom is -0.396 e. The zero-order valence-corrected chi connectivity index (χ0v) is 10.7. The SMILES string of the molecule is COC(C)(C)CCS(=O)c1ccncc1N. The number of nitrogen functional groups attached to an aromatic ring is 1. The number of hydrogen-bond acceptors (Lipinski definition) is 4. The highest BCUT2D eigenvalue weighted by molar-refractivity contribution is 7.85. The van der Waals surface area contributed by atoms with Crippen molar-refractivity contribution >= 4 is 16.5 Å². The van der Waals surface area contributed by atoms with Crippen molar-refractivity contribution in [3.63, 3.8) is 0 Å². The lowest BCUT2D eigenvalue weighted by Crippen LogP contribution is -2.25. The van der Waals surface area contributed by atoms with Crippen LogP contribution in [0.5, 0.6) is 0 Å². The quantitative estimate of drug-likeness (QED) is 0.851. The third kappa shape index (κ3) is 3.57. The Hall–Kier alpha value is -0.940. The molecule has 16 heavy (non-hydrogen) atoms. The van der Waals surface area contributed by atoms with E-state index in [9.17, 15) is 4.21 Å². The molecule has 90 valence electrons. The van der Waals surface area contributed by atoms with Gasteiger partial charge in [0.1, 0.15) is 0 Å². The first-order valence-corrected chi connectivity index (χ1v) is 6.41. The van der Waals surface area contributed by atoms with Crippen LogP contribution in [-0.4, -0.2) is 27.7 Å². The van der Waals surface area contributed by atoms with Gasteiger partial charge in [-0.05, 0) is 26.3 Å². The summed E-state index contributed by atoms with van der Waals surface area (Å²) in [6, 6.07) is 1.70. The molecule has 1 aromatic rings. The van der Waals surface area contributed by atoms with Gasteiger partial charge in [-0.15, -0.1) is 0 Å². The number of nitrogens with zero attached hydrogens (tertiary/aromatic N) is 1. The average Bonchev–Trinajstić information content (AvgIpc) is 2.27. The molecule has 1 rings (SSSR count). The van der Waals surface area contributed by atoms with Crippen molar-refractivity contribution in [2.24, 2.45) is 0 Å². The molecule has 0 saturated heterocycles. The fourth-order valence-electron chi connectivity index (χ4n) is 1.15. The number of rotatable bonds is 5. The summed E-state index contributed by atoms with van der Waals surface area (Å²) in [6.07, 6.45) is 3.84. The molecule has 0 amide bonds. The second-order valence-corrected chi connectivity index (χ2v) is 5.72. The summed E-state index contributed by atoms with van der Waals surface area (Å²) in [6.45, 7) is 3.94. The summed E-state index contributed by atoms with van der Waals surface area (Å²) in [5.74, 6) is 0.537. The summed E-state index contributed by atoms with van der Waals surface area (Å²) in [5, 5.41) is 0. The van der Waals surface area contributed by atoms with Gasteiger partial charge in [0.05, 0.1) is 33.2 Å². The predicted molar refractivity (Wildman–Crippen MR) is 65.6 cm³/mol. The standard InChI is InChI=1S/C11H18N2O2S/c1-11(2,15-3)5-7-16(14)10-4-6-13-8-9(10)12/h4,6,8H,5,7,12H2,1-3H3. The van der Waals surface area contributed by atoms with Crippen molar-refractivity contribution < 1.29 is 8.95 Å². The second kappa shape index (κ2) is 5.41. The smallest absolute Gasteiger partial charge is 0.0664 e. The van der Waals surface area contributed by atoms with E-state index in [4.69, 9.17) is 10.5 Å².